The lowest BCUT2D eigenvalue weighted by atomic mass is 9.85. The predicted molar refractivity (Wildman–Crippen MR) is 215 cm³/mol. The molecular formula is C48H28S. The van der Waals surface area contributed by atoms with Crippen LogP contribution in [0.2, 0.25) is 0 Å². The Morgan fingerprint density at radius 1 is 0.265 bits per heavy atom. The number of rotatable bonds is 2. The summed E-state index contributed by atoms with van der Waals surface area (Å²) in [6, 6.07) is 63.4. The van der Waals surface area contributed by atoms with Crippen molar-refractivity contribution in [2.75, 3.05) is 0 Å². The fourth-order valence-corrected chi connectivity index (χ4v) is 9.69. The highest BCUT2D eigenvalue weighted by atomic mass is 32.1. The number of hydrogen-bond acceptors (Lipinski definition) is 1. The molecule has 1 heterocycles. The van der Waals surface area contributed by atoms with Crippen LogP contribution in [0.25, 0.3) is 107 Å². The molecule has 0 aliphatic heterocycles. The van der Waals surface area contributed by atoms with E-state index in [4.69, 9.17) is 0 Å². The second-order valence-electron chi connectivity index (χ2n) is 13.2. The Kier molecular flexibility index (Phi) is 5.64. The number of benzene rings is 9. The van der Waals surface area contributed by atoms with Gasteiger partial charge in [-0.3, -0.25) is 0 Å². The lowest BCUT2D eigenvalue weighted by molar-refractivity contribution is 1.66. The molecule has 0 bridgehead atoms. The molecule has 0 N–H and O–H groups in total. The first-order valence-corrected chi connectivity index (χ1v) is 17.7. The fourth-order valence-electron chi connectivity index (χ4n) is 8.45. The first-order valence-electron chi connectivity index (χ1n) is 16.9. The third-order valence-corrected chi connectivity index (χ3v) is 11.8. The Balaban J connectivity index is 1.38. The number of fused-ring (bicyclic) bond motifs is 11. The average molecular weight is 637 g/mol. The van der Waals surface area contributed by atoms with E-state index >= 15 is 0 Å². The van der Waals surface area contributed by atoms with Gasteiger partial charge in [0.25, 0.3) is 0 Å². The Morgan fingerprint density at radius 2 is 0.755 bits per heavy atom. The summed E-state index contributed by atoms with van der Waals surface area (Å²) < 4.78 is 2.68. The van der Waals surface area contributed by atoms with E-state index < -0.39 is 0 Å². The number of hydrogen-bond donors (Lipinski definition) is 0. The molecule has 1 aromatic heterocycles. The molecule has 49 heavy (non-hydrogen) atoms. The lowest BCUT2D eigenvalue weighted by Crippen LogP contribution is -1.90. The van der Waals surface area contributed by atoms with Gasteiger partial charge >= 0.3 is 0 Å². The van der Waals surface area contributed by atoms with Gasteiger partial charge in [0.1, 0.15) is 0 Å². The van der Waals surface area contributed by atoms with Gasteiger partial charge in [-0.05, 0) is 111 Å². The van der Waals surface area contributed by atoms with Crippen LogP contribution in [-0.4, -0.2) is 0 Å². The standard InChI is InChI=1S/C48H28S/c1-2-12-29(13-3-1)31-27-43-36-17-7-5-15-34(36)40-21-11-20-39-33-14-4-6-16-35(33)42-26-30(24-25-37(42)44(28-31)47(43)46(39)40)32-19-10-22-41-38-18-8-9-23-45(38)49-48(32)41/h1-28H. The Bertz CT molecular complexity index is 3150. The predicted octanol–water partition coefficient (Wildman–Crippen LogP) is 14.3. The van der Waals surface area contributed by atoms with E-state index in [-0.39, 0.29) is 0 Å². The Labute approximate surface area is 287 Å². The minimum absolute atomic E-state index is 1.23. The normalized spacial score (nSPS) is 12.1. The van der Waals surface area contributed by atoms with E-state index in [1.54, 1.807) is 0 Å². The molecule has 0 saturated heterocycles. The van der Waals surface area contributed by atoms with Crippen LogP contribution < -0.4 is 0 Å². The highest BCUT2D eigenvalue weighted by molar-refractivity contribution is 7.26. The largest absolute Gasteiger partial charge is 0.135 e. The quantitative estimate of drug-likeness (QED) is 0.166. The lowest BCUT2D eigenvalue weighted by Gasteiger charge is -2.18. The van der Waals surface area contributed by atoms with Crippen molar-refractivity contribution in [1.82, 2.24) is 0 Å². The molecule has 0 aliphatic carbocycles. The maximum absolute atomic E-state index is 2.46. The molecule has 0 nitrogen and oxygen atoms in total. The monoisotopic (exact) mass is 636 g/mol. The maximum Gasteiger partial charge on any atom is 0.0433 e. The smallest absolute Gasteiger partial charge is 0.0433 e. The van der Waals surface area contributed by atoms with Crippen molar-refractivity contribution in [1.29, 1.82) is 0 Å². The molecule has 0 aliphatic rings. The van der Waals surface area contributed by atoms with Gasteiger partial charge in [-0.2, -0.15) is 0 Å². The van der Waals surface area contributed by atoms with Crippen LogP contribution in [-0.2, 0) is 0 Å². The number of thiophene rings is 1. The topological polar surface area (TPSA) is 0 Å². The van der Waals surface area contributed by atoms with Crippen molar-refractivity contribution >= 4 is 96.1 Å². The summed E-state index contributed by atoms with van der Waals surface area (Å²) in [7, 11) is 0. The molecule has 0 saturated carbocycles. The van der Waals surface area contributed by atoms with Crippen LogP contribution in [0.5, 0.6) is 0 Å². The SMILES string of the molecule is c1ccc(-c2cc3c4ccc(-c5cccc6c5sc5ccccc56)cc4c4ccccc4c4cccc5c6ccccc6c(c2)c3c45)cc1. The summed E-state index contributed by atoms with van der Waals surface area (Å²) >= 11 is 1.90. The van der Waals surface area contributed by atoms with Gasteiger partial charge in [0, 0.05) is 20.2 Å². The van der Waals surface area contributed by atoms with Gasteiger partial charge in [-0.1, -0.05) is 146 Å². The summed E-state index contributed by atoms with van der Waals surface area (Å²) in [6.07, 6.45) is 0. The highest BCUT2D eigenvalue weighted by Gasteiger charge is 2.18. The minimum Gasteiger partial charge on any atom is -0.135 e. The zero-order valence-electron chi connectivity index (χ0n) is 26.6. The van der Waals surface area contributed by atoms with Gasteiger partial charge < -0.3 is 0 Å². The Morgan fingerprint density at radius 3 is 1.47 bits per heavy atom. The summed E-state index contributed by atoms with van der Waals surface area (Å²) in [6.45, 7) is 0. The Hall–Kier alpha value is -6.02. The van der Waals surface area contributed by atoms with E-state index in [2.05, 4.69) is 170 Å². The third kappa shape index (κ3) is 3.85. The van der Waals surface area contributed by atoms with Crippen LogP contribution >= 0.6 is 11.3 Å². The van der Waals surface area contributed by atoms with Crippen molar-refractivity contribution < 1.29 is 0 Å². The van der Waals surface area contributed by atoms with E-state index in [9.17, 15) is 0 Å². The van der Waals surface area contributed by atoms with Crippen molar-refractivity contribution in [2.24, 2.45) is 0 Å². The van der Waals surface area contributed by atoms with Crippen molar-refractivity contribution in [3.63, 3.8) is 0 Å². The highest BCUT2D eigenvalue weighted by Crippen LogP contribution is 2.47. The van der Waals surface area contributed by atoms with Crippen LogP contribution in [0, 0.1) is 0 Å². The molecule has 11 rings (SSSR count). The maximum atomic E-state index is 2.46. The van der Waals surface area contributed by atoms with Crippen LogP contribution in [0.4, 0.5) is 0 Å². The van der Waals surface area contributed by atoms with Gasteiger partial charge in [-0.15, -0.1) is 11.3 Å². The zero-order valence-corrected chi connectivity index (χ0v) is 27.4. The summed E-state index contributed by atoms with van der Waals surface area (Å²) in [5.41, 5.74) is 5.01. The van der Waals surface area contributed by atoms with Crippen LogP contribution in [0.3, 0.4) is 0 Å². The van der Waals surface area contributed by atoms with Gasteiger partial charge in [0.15, 0.2) is 0 Å². The van der Waals surface area contributed by atoms with Crippen LogP contribution in [0.1, 0.15) is 0 Å². The molecule has 0 atom stereocenters. The van der Waals surface area contributed by atoms with E-state index in [0.717, 1.165) is 0 Å². The molecular weight excluding hydrogens is 609 g/mol. The molecule has 1 heteroatoms. The van der Waals surface area contributed by atoms with E-state index in [0.29, 0.717) is 0 Å². The fraction of sp³-hybridized carbons (Fsp3) is 0. The van der Waals surface area contributed by atoms with Gasteiger partial charge in [0.05, 0.1) is 0 Å². The van der Waals surface area contributed by atoms with E-state index in [1.807, 2.05) is 11.3 Å². The minimum atomic E-state index is 1.23. The molecule has 11 aromatic rings. The van der Waals surface area contributed by atoms with E-state index in [1.165, 1.54) is 107 Å². The second kappa shape index (κ2) is 10.2. The summed E-state index contributed by atoms with van der Waals surface area (Å²) in [5.74, 6) is 0. The summed E-state index contributed by atoms with van der Waals surface area (Å²) in [5, 5.41) is 18.2. The molecule has 0 radical (unpaired) electrons. The van der Waals surface area contributed by atoms with Gasteiger partial charge in [-0.25, -0.2) is 0 Å². The average Bonchev–Trinajstić information content (AvgIpc) is 3.56. The summed E-state index contributed by atoms with van der Waals surface area (Å²) in [4.78, 5) is 0. The first-order chi connectivity index (χ1) is 24.3. The molecule has 10 aromatic carbocycles. The van der Waals surface area contributed by atoms with Gasteiger partial charge in [0.2, 0.25) is 0 Å². The van der Waals surface area contributed by atoms with Crippen molar-refractivity contribution in [2.45, 2.75) is 0 Å². The second-order valence-corrected chi connectivity index (χ2v) is 14.2. The van der Waals surface area contributed by atoms with Crippen molar-refractivity contribution in [3.8, 4) is 22.3 Å². The van der Waals surface area contributed by atoms with Crippen molar-refractivity contribution in [3.05, 3.63) is 170 Å². The van der Waals surface area contributed by atoms with Crippen LogP contribution in [0.15, 0.2) is 170 Å². The molecule has 0 amide bonds. The third-order valence-electron chi connectivity index (χ3n) is 10.6. The molecule has 0 unspecified atom stereocenters. The zero-order chi connectivity index (χ0) is 32.1. The first kappa shape index (κ1) is 27.0. The molecule has 0 spiro atoms. The molecule has 0 fully saturated rings. The molecule has 226 valence electrons.